The van der Waals surface area contributed by atoms with Gasteiger partial charge in [-0.15, -0.1) is 13.2 Å². The summed E-state index contributed by atoms with van der Waals surface area (Å²) in [6.07, 6.45) is -0.299. The van der Waals surface area contributed by atoms with Crippen molar-refractivity contribution < 1.29 is 27.5 Å². The van der Waals surface area contributed by atoms with E-state index in [9.17, 15) is 22.8 Å². The van der Waals surface area contributed by atoms with Gasteiger partial charge in [0, 0.05) is 37.8 Å². The van der Waals surface area contributed by atoms with Crippen LogP contribution in [0.3, 0.4) is 0 Å². The number of amides is 2. The molecule has 1 N–H and O–H groups in total. The van der Waals surface area contributed by atoms with Crippen LogP contribution in [0.2, 0.25) is 0 Å². The van der Waals surface area contributed by atoms with Gasteiger partial charge in [0.2, 0.25) is 5.91 Å². The van der Waals surface area contributed by atoms with E-state index in [0.29, 0.717) is 60.2 Å². The molecule has 0 spiro atoms. The highest BCUT2D eigenvalue weighted by molar-refractivity contribution is 5.97. The number of H-pyrrole nitrogens is 1. The molecule has 2 aliphatic heterocycles. The number of halogens is 3. The molecule has 3 aromatic rings. The fraction of sp³-hybridized carbons (Fsp3) is 0.360. The normalized spacial score (nSPS) is 20.5. The second-order valence-corrected chi connectivity index (χ2v) is 9.11. The summed E-state index contributed by atoms with van der Waals surface area (Å²) in [7, 11) is 0. The van der Waals surface area contributed by atoms with Crippen molar-refractivity contribution >= 4 is 28.9 Å². The number of fused-ring (bicyclic) bond motifs is 2. The lowest BCUT2D eigenvalue weighted by atomic mass is 9.92. The number of carbonyl (C=O) groups is 2. The molecule has 2 aliphatic rings. The zero-order chi connectivity index (χ0) is 25.3. The van der Waals surface area contributed by atoms with Crippen LogP contribution in [0.1, 0.15) is 28.8 Å². The maximum absolute atomic E-state index is 13.1. The van der Waals surface area contributed by atoms with E-state index in [4.69, 9.17) is 0 Å². The number of benzene rings is 2. The quantitative estimate of drug-likeness (QED) is 0.551. The number of ether oxygens (including phenoxy) is 1. The predicted octanol–water partition coefficient (Wildman–Crippen LogP) is 3.88. The molecule has 11 heteroatoms. The molecule has 5 rings (SSSR count). The van der Waals surface area contributed by atoms with Gasteiger partial charge in [-0.1, -0.05) is 12.1 Å². The molecule has 2 fully saturated rings. The summed E-state index contributed by atoms with van der Waals surface area (Å²) in [5.74, 6) is 0.0375. The maximum Gasteiger partial charge on any atom is 0.573 e. The van der Waals surface area contributed by atoms with Crippen molar-refractivity contribution in [2.24, 2.45) is 11.8 Å². The summed E-state index contributed by atoms with van der Waals surface area (Å²) in [6, 6.07) is 10.8. The number of hydrogen-bond donors (Lipinski definition) is 1. The number of nitrogens with one attached hydrogen (secondary N) is 1. The second kappa shape index (κ2) is 9.63. The Balaban J connectivity index is 1.17. The van der Waals surface area contributed by atoms with E-state index in [1.807, 2.05) is 4.90 Å². The fourth-order valence-electron chi connectivity index (χ4n) is 4.98. The number of likely N-dealkylation sites (tertiary alicyclic amines) is 2. The average Bonchev–Trinajstić information content (AvgIpc) is 3.43. The number of alkyl halides is 3. The van der Waals surface area contributed by atoms with Crippen molar-refractivity contribution in [1.82, 2.24) is 25.2 Å². The van der Waals surface area contributed by atoms with Gasteiger partial charge in [0.1, 0.15) is 16.8 Å². The Hall–Kier alpha value is -3.89. The van der Waals surface area contributed by atoms with Gasteiger partial charge in [0.25, 0.3) is 5.91 Å². The van der Waals surface area contributed by atoms with E-state index < -0.39 is 6.36 Å². The van der Waals surface area contributed by atoms with E-state index in [-0.39, 0.29) is 17.6 Å². The van der Waals surface area contributed by atoms with Crippen LogP contribution in [0.25, 0.3) is 17.1 Å². The summed E-state index contributed by atoms with van der Waals surface area (Å²) >= 11 is 0. The minimum Gasteiger partial charge on any atom is -0.406 e. The van der Waals surface area contributed by atoms with Crippen molar-refractivity contribution in [3.05, 3.63) is 59.7 Å². The topological polar surface area (TPSA) is 91.4 Å². The average molecular weight is 499 g/mol. The molecule has 2 aromatic carbocycles. The summed E-state index contributed by atoms with van der Waals surface area (Å²) in [6.45, 7) is 2.41. The molecule has 1 aromatic heterocycles. The molecule has 0 bridgehead atoms. The molecule has 188 valence electrons. The zero-order valence-electron chi connectivity index (χ0n) is 19.2. The summed E-state index contributed by atoms with van der Waals surface area (Å²) in [4.78, 5) is 29.4. The highest BCUT2D eigenvalue weighted by Crippen LogP contribution is 2.32. The van der Waals surface area contributed by atoms with Crippen LogP contribution < -0.4 is 4.74 Å². The van der Waals surface area contributed by atoms with Crippen LogP contribution in [-0.2, 0) is 4.79 Å². The molecule has 2 amide bonds. The molecule has 8 nitrogen and oxygen atoms in total. The Labute approximate surface area is 204 Å². The number of aromatic amines is 1. The van der Waals surface area contributed by atoms with Crippen LogP contribution >= 0.6 is 0 Å². The second-order valence-electron chi connectivity index (χ2n) is 9.11. The lowest BCUT2D eigenvalue weighted by molar-refractivity contribution is -0.274. The molecule has 36 heavy (non-hydrogen) atoms. The first-order chi connectivity index (χ1) is 17.2. The van der Waals surface area contributed by atoms with Gasteiger partial charge < -0.3 is 14.5 Å². The third kappa shape index (κ3) is 5.34. The zero-order valence-corrected chi connectivity index (χ0v) is 19.2. The van der Waals surface area contributed by atoms with Gasteiger partial charge in [0.15, 0.2) is 0 Å². The molecule has 2 atom stereocenters. The van der Waals surface area contributed by atoms with Gasteiger partial charge in [-0.3, -0.25) is 9.59 Å². The van der Waals surface area contributed by atoms with Gasteiger partial charge in [-0.05, 0) is 66.6 Å². The van der Waals surface area contributed by atoms with Crippen LogP contribution in [0.4, 0.5) is 13.2 Å². The van der Waals surface area contributed by atoms with E-state index in [0.717, 1.165) is 12.8 Å². The smallest absolute Gasteiger partial charge is 0.406 e. The van der Waals surface area contributed by atoms with Crippen molar-refractivity contribution in [3.63, 3.8) is 0 Å². The molecular formula is C25H24F3N5O3. The molecule has 0 aliphatic carbocycles. The minimum atomic E-state index is -4.77. The monoisotopic (exact) mass is 499 g/mol. The highest BCUT2D eigenvalue weighted by atomic mass is 19.4. The Kier molecular flexibility index (Phi) is 6.38. The van der Waals surface area contributed by atoms with Crippen LogP contribution in [-0.4, -0.2) is 69.6 Å². The molecule has 0 saturated carbocycles. The van der Waals surface area contributed by atoms with E-state index >= 15 is 0 Å². The van der Waals surface area contributed by atoms with Crippen LogP contribution in [0.15, 0.2) is 48.5 Å². The predicted molar refractivity (Wildman–Crippen MR) is 125 cm³/mol. The van der Waals surface area contributed by atoms with Gasteiger partial charge in [0.05, 0.1) is 0 Å². The number of rotatable bonds is 4. The van der Waals surface area contributed by atoms with Crippen LogP contribution in [0.5, 0.6) is 5.75 Å². The Bertz CT molecular complexity index is 1290. The number of carbonyl (C=O) groups excluding carboxylic acids is 2. The molecule has 2 saturated heterocycles. The van der Waals surface area contributed by atoms with Crippen molar-refractivity contribution in [2.75, 3.05) is 26.2 Å². The first-order valence-electron chi connectivity index (χ1n) is 11.7. The summed E-state index contributed by atoms with van der Waals surface area (Å²) < 4.78 is 41.2. The molecule has 0 radical (unpaired) electrons. The van der Waals surface area contributed by atoms with Crippen molar-refractivity contribution in [2.45, 2.75) is 19.2 Å². The Morgan fingerprint density at radius 2 is 1.69 bits per heavy atom. The minimum absolute atomic E-state index is 0.0347. The lowest BCUT2D eigenvalue weighted by Gasteiger charge is -2.22. The Morgan fingerprint density at radius 1 is 0.972 bits per heavy atom. The highest BCUT2D eigenvalue weighted by Gasteiger charge is 2.37. The van der Waals surface area contributed by atoms with Gasteiger partial charge >= 0.3 is 6.36 Å². The lowest BCUT2D eigenvalue weighted by Crippen LogP contribution is -2.33. The first kappa shape index (κ1) is 23.8. The Morgan fingerprint density at radius 3 is 2.42 bits per heavy atom. The standard InChI is InChI=1S/C25H24F3N5O3/c26-25(27,28)36-20-3-1-2-16(12-20)4-7-23(34)33-14-18-8-10-32(11-9-19(18)15-33)24(35)17-5-6-21-22(13-17)30-31-29-21/h1-7,12-13,18-19H,8-11,14-15H2,(H,29,30,31)/b7-4+/t18-,19?/m1/s1. The molecular weight excluding hydrogens is 475 g/mol. The van der Waals surface area contributed by atoms with E-state index in [1.165, 1.54) is 30.4 Å². The summed E-state index contributed by atoms with van der Waals surface area (Å²) in [5.41, 5.74) is 2.37. The molecule has 3 heterocycles. The summed E-state index contributed by atoms with van der Waals surface area (Å²) in [5, 5.41) is 10.6. The molecule has 1 unspecified atom stereocenters. The van der Waals surface area contributed by atoms with E-state index in [1.54, 1.807) is 29.2 Å². The largest absolute Gasteiger partial charge is 0.573 e. The van der Waals surface area contributed by atoms with Crippen LogP contribution in [0, 0.1) is 11.8 Å². The first-order valence-corrected chi connectivity index (χ1v) is 11.7. The third-order valence-electron chi connectivity index (χ3n) is 6.79. The maximum atomic E-state index is 13.1. The number of hydrogen-bond acceptors (Lipinski definition) is 5. The third-order valence-corrected chi connectivity index (χ3v) is 6.79. The van der Waals surface area contributed by atoms with Gasteiger partial charge in [-0.2, -0.15) is 15.4 Å². The van der Waals surface area contributed by atoms with E-state index in [2.05, 4.69) is 20.1 Å². The number of aromatic nitrogens is 3. The van der Waals surface area contributed by atoms with Crippen molar-refractivity contribution in [1.29, 1.82) is 0 Å². The van der Waals surface area contributed by atoms with Gasteiger partial charge in [-0.25, -0.2) is 0 Å². The fourth-order valence-corrected chi connectivity index (χ4v) is 4.98. The van der Waals surface area contributed by atoms with Crippen molar-refractivity contribution in [3.8, 4) is 5.75 Å². The SMILES string of the molecule is O=C(/C=C/c1cccc(OC(F)(F)F)c1)N1CC2CCN(C(=O)c3ccc4n[nH]nc4c3)CC[C@@H]2C1. The number of nitrogens with zero attached hydrogens (tertiary/aromatic N) is 4.